The lowest BCUT2D eigenvalue weighted by atomic mass is 10.0. The van der Waals surface area contributed by atoms with Gasteiger partial charge < -0.3 is 20.7 Å². The SMILES string of the molecule is CCOc1cc(C(=O)NC2CCN(CC)CC2)ccc1N. The van der Waals surface area contributed by atoms with E-state index in [2.05, 4.69) is 17.1 Å². The highest BCUT2D eigenvalue weighted by atomic mass is 16.5. The summed E-state index contributed by atoms with van der Waals surface area (Å²) in [6, 6.07) is 5.44. The van der Waals surface area contributed by atoms with Crippen molar-refractivity contribution < 1.29 is 9.53 Å². The van der Waals surface area contributed by atoms with Crippen molar-refractivity contribution in [1.29, 1.82) is 0 Å². The zero-order valence-electron chi connectivity index (χ0n) is 12.9. The molecule has 0 bridgehead atoms. The molecule has 1 saturated heterocycles. The third-order valence-electron chi connectivity index (χ3n) is 3.95. The van der Waals surface area contributed by atoms with Crippen molar-refractivity contribution in [3.63, 3.8) is 0 Å². The van der Waals surface area contributed by atoms with E-state index in [9.17, 15) is 4.79 Å². The van der Waals surface area contributed by atoms with Crippen LogP contribution in [-0.2, 0) is 0 Å². The third kappa shape index (κ3) is 4.11. The molecule has 0 aromatic heterocycles. The fourth-order valence-electron chi connectivity index (χ4n) is 2.62. The monoisotopic (exact) mass is 291 g/mol. The van der Waals surface area contributed by atoms with Crippen LogP contribution in [0.1, 0.15) is 37.0 Å². The molecule has 0 atom stereocenters. The van der Waals surface area contributed by atoms with E-state index < -0.39 is 0 Å². The van der Waals surface area contributed by atoms with Crippen LogP contribution >= 0.6 is 0 Å². The molecule has 5 heteroatoms. The van der Waals surface area contributed by atoms with Crippen molar-refractivity contribution in [3.05, 3.63) is 23.8 Å². The minimum absolute atomic E-state index is 0.0501. The Balaban J connectivity index is 1.96. The zero-order valence-corrected chi connectivity index (χ0v) is 12.9. The van der Waals surface area contributed by atoms with Gasteiger partial charge in [-0.1, -0.05) is 6.92 Å². The van der Waals surface area contributed by atoms with Crippen LogP contribution in [0.15, 0.2) is 18.2 Å². The number of likely N-dealkylation sites (tertiary alicyclic amines) is 1. The first kappa shape index (κ1) is 15.6. The second-order valence-corrected chi connectivity index (χ2v) is 5.37. The van der Waals surface area contributed by atoms with Crippen LogP contribution in [0.3, 0.4) is 0 Å². The second kappa shape index (κ2) is 7.31. The van der Waals surface area contributed by atoms with Gasteiger partial charge in [-0.2, -0.15) is 0 Å². The molecular weight excluding hydrogens is 266 g/mol. The van der Waals surface area contributed by atoms with E-state index in [1.807, 2.05) is 6.92 Å². The molecule has 0 radical (unpaired) electrons. The predicted molar refractivity (Wildman–Crippen MR) is 84.6 cm³/mol. The van der Waals surface area contributed by atoms with Crippen molar-refractivity contribution in [2.45, 2.75) is 32.7 Å². The van der Waals surface area contributed by atoms with E-state index in [0.29, 0.717) is 23.6 Å². The molecule has 1 aliphatic heterocycles. The number of amides is 1. The molecule has 1 aromatic carbocycles. The molecule has 5 nitrogen and oxygen atoms in total. The Hall–Kier alpha value is -1.75. The fraction of sp³-hybridized carbons (Fsp3) is 0.562. The van der Waals surface area contributed by atoms with Gasteiger partial charge in [-0.15, -0.1) is 0 Å². The molecule has 0 saturated carbocycles. The Morgan fingerprint density at radius 2 is 2.10 bits per heavy atom. The first-order chi connectivity index (χ1) is 10.1. The summed E-state index contributed by atoms with van der Waals surface area (Å²) in [7, 11) is 0. The minimum Gasteiger partial charge on any atom is -0.492 e. The molecule has 3 N–H and O–H groups in total. The van der Waals surface area contributed by atoms with E-state index >= 15 is 0 Å². The fourth-order valence-corrected chi connectivity index (χ4v) is 2.62. The van der Waals surface area contributed by atoms with Crippen LogP contribution in [0, 0.1) is 0 Å². The van der Waals surface area contributed by atoms with Crippen LogP contribution in [0.5, 0.6) is 5.75 Å². The summed E-state index contributed by atoms with van der Waals surface area (Å²) in [5.74, 6) is 0.525. The van der Waals surface area contributed by atoms with Crippen molar-refractivity contribution in [1.82, 2.24) is 10.2 Å². The van der Waals surface area contributed by atoms with Gasteiger partial charge in [-0.3, -0.25) is 4.79 Å². The Morgan fingerprint density at radius 1 is 1.38 bits per heavy atom. The van der Waals surface area contributed by atoms with Crippen LogP contribution in [0.25, 0.3) is 0 Å². The van der Waals surface area contributed by atoms with Gasteiger partial charge in [-0.25, -0.2) is 0 Å². The average molecular weight is 291 g/mol. The number of hydrogen-bond donors (Lipinski definition) is 2. The summed E-state index contributed by atoms with van der Waals surface area (Å²) in [6.07, 6.45) is 2.01. The summed E-state index contributed by atoms with van der Waals surface area (Å²) in [5, 5.41) is 3.11. The number of nitrogens with zero attached hydrogens (tertiary/aromatic N) is 1. The van der Waals surface area contributed by atoms with E-state index in [4.69, 9.17) is 10.5 Å². The van der Waals surface area contributed by atoms with E-state index in [0.717, 1.165) is 32.5 Å². The Morgan fingerprint density at radius 3 is 2.71 bits per heavy atom. The number of carbonyl (C=O) groups is 1. The lowest BCUT2D eigenvalue weighted by Gasteiger charge is -2.31. The summed E-state index contributed by atoms with van der Waals surface area (Å²) in [6.45, 7) is 7.78. The summed E-state index contributed by atoms with van der Waals surface area (Å²) in [5.41, 5.74) is 6.99. The minimum atomic E-state index is -0.0501. The van der Waals surface area contributed by atoms with E-state index in [-0.39, 0.29) is 11.9 Å². The molecule has 0 aliphatic carbocycles. The lowest BCUT2D eigenvalue weighted by molar-refractivity contribution is 0.0912. The van der Waals surface area contributed by atoms with Gasteiger partial charge in [0.2, 0.25) is 0 Å². The molecule has 0 unspecified atom stereocenters. The molecule has 1 aromatic rings. The molecule has 116 valence electrons. The number of carbonyl (C=O) groups excluding carboxylic acids is 1. The number of ether oxygens (including phenoxy) is 1. The number of rotatable bonds is 5. The largest absolute Gasteiger partial charge is 0.492 e. The quantitative estimate of drug-likeness (QED) is 0.813. The van der Waals surface area contributed by atoms with Gasteiger partial charge in [0.25, 0.3) is 5.91 Å². The molecule has 0 spiro atoms. The molecular formula is C16H25N3O2. The number of benzene rings is 1. The van der Waals surface area contributed by atoms with Crippen molar-refractivity contribution in [3.8, 4) is 5.75 Å². The number of nitrogens with one attached hydrogen (secondary N) is 1. The summed E-state index contributed by atoms with van der Waals surface area (Å²) < 4.78 is 5.43. The van der Waals surface area contributed by atoms with Crippen molar-refractivity contribution in [2.75, 3.05) is 32.0 Å². The van der Waals surface area contributed by atoms with Crippen molar-refractivity contribution in [2.24, 2.45) is 0 Å². The number of nitrogen functional groups attached to an aromatic ring is 1. The second-order valence-electron chi connectivity index (χ2n) is 5.37. The number of anilines is 1. The van der Waals surface area contributed by atoms with E-state index in [1.54, 1.807) is 18.2 Å². The van der Waals surface area contributed by atoms with Gasteiger partial charge >= 0.3 is 0 Å². The number of nitrogens with two attached hydrogens (primary N) is 1. The third-order valence-corrected chi connectivity index (χ3v) is 3.95. The zero-order chi connectivity index (χ0) is 15.2. The number of hydrogen-bond acceptors (Lipinski definition) is 4. The maximum Gasteiger partial charge on any atom is 0.251 e. The average Bonchev–Trinajstić information content (AvgIpc) is 2.50. The van der Waals surface area contributed by atoms with Gasteiger partial charge in [0.1, 0.15) is 5.75 Å². The molecule has 1 fully saturated rings. The standard InChI is InChI=1S/C16H25N3O2/c1-3-19-9-7-13(8-10-19)18-16(20)12-5-6-14(17)15(11-12)21-4-2/h5-6,11,13H,3-4,7-10,17H2,1-2H3,(H,18,20). The Labute approximate surface area is 126 Å². The normalized spacial score (nSPS) is 16.7. The lowest BCUT2D eigenvalue weighted by Crippen LogP contribution is -2.44. The topological polar surface area (TPSA) is 67.6 Å². The van der Waals surface area contributed by atoms with Gasteiger partial charge in [0.05, 0.1) is 12.3 Å². The first-order valence-corrected chi connectivity index (χ1v) is 7.69. The van der Waals surface area contributed by atoms with Gasteiger partial charge in [-0.05, 0) is 44.5 Å². The highest BCUT2D eigenvalue weighted by Gasteiger charge is 2.20. The van der Waals surface area contributed by atoms with Crippen LogP contribution in [0.2, 0.25) is 0 Å². The maximum absolute atomic E-state index is 12.3. The molecule has 21 heavy (non-hydrogen) atoms. The highest BCUT2D eigenvalue weighted by Crippen LogP contribution is 2.23. The summed E-state index contributed by atoms with van der Waals surface area (Å²) in [4.78, 5) is 14.7. The number of piperidine rings is 1. The molecule has 1 amide bonds. The van der Waals surface area contributed by atoms with Crippen LogP contribution < -0.4 is 15.8 Å². The molecule has 1 aliphatic rings. The first-order valence-electron chi connectivity index (χ1n) is 7.69. The van der Waals surface area contributed by atoms with Crippen LogP contribution in [0.4, 0.5) is 5.69 Å². The maximum atomic E-state index is 12.3. The van der Waals surface area contributed by atoms with Crippen LogP contribution in [-0.4, -0.2) is 43.1 Å². The predicted octanol–water partition coefficient (Wildman–Crippen LogP) is 1.88. The molecule has 2 rings (SSSR count). The Bertz CT molecular complexity index is 482. The summed E-state index contributed by atoms with van der Waals surface area (Å²) >= 11 is 0. The highest BCUT2D eigenvalue weighted by molar-refractivity contribution is 5.95. The smallest absolute Gasteiger partial charge is 0.251 e. The van der Waals surface area contributed by atoms with E-state index in [1.165, 1.54) is 0 Å². The van der Waals surface area contributed by atoms with Gasteiger partial charge in [0.15, 0.2) is 0 Å². The van der Waals surface area contributed by atoms with Gasteiger partial charge in [0, 0.05) is 24.7 Å². The molecule has 1 heterocycles. The Kier molecular flexibility index (Phi) is 5.44. The van der Waals surface area contributed by atoms with Crippen molar-refractivity contribution >= 4 is 11.6 Å².